The van der Waals surface area contributed by atoms with Gasteiger partial charge < -0.3 is 23.9 Å². The number of hydrogen-bond donors (Lipinski definition) is 2. The van der Waals surface area contributed by atoms with E-state index in [4.69, 9.17) is 11.5 Å². The molecule has 0 radical (unpaired) electrons. The van der Waals surface area contributed by atoms with Crippen LogP contribution in [0.25, 0.3) is 0 Å². The van der Waals surface area contributed by atoms with Gasteiger partial charge in [0, 0.05) is 13.1 Å². The van der Waals surface area contributed by atoms with Crippen molar-refractivity contribution in [2.75, 3.05) is 13.1 Å². The molecular weight excluding hydrogens is 194 g/mol. The summed E-state index contributed by atoms with van der Waals surface area (Å²) in [5.41, 5.74) is 9.81. The minimum atomic E-state index is 0. The van der Waals surface area contributed by atoms with E-state index in [-0.39, 0.29) is 32.8 Å². The summed E-state index contributed by atoms with van der Waals surface area (Å²) < 4.78 is 0. The number of hydrogen-bond acceptors (Lipinski definition) is 2. The molecule has 2 nitrogen and oxygen atoms in total. The molecule has 0 aromatic carbocycles. The van der Waals surface area contributed by atoms with E-state index < -0.39 is 0 Å². The quantitative estimate of drug-likeness (QED) is 0.424. The van der Waals surface area contributed by atoms with Gasteiger partial charge in [-0.15, -0.1) is 0 Å². The van der Waals surface area contributed by atoms with Crippen molar-refractivity contribution in [3.05, 3.63) is 0 Å². The maximum atomic E-state index is 4.90. The van der Waals surface area contributed by atoms with Crippen LogP contribution in [-0.4, -0.2) is 13.1 Å². The zero-order valence-corrected chi connectivity index (χ0v) is 5.57. The second-order valence-electron chi connectivity index (χ2n) is 0.577. The van der Waals surface area contributed by atoms with Gasteiger partial charge in [-0.3, -0.25) is 0 Å². The summed E-state index contributed by atoms with van der Waals surface area (Å²) in [7, 11) is 0. The van der Waals surface area contributed by atoms with Crippen LogP contribution in [0.3, 0.4) is 0 Å². The van der Waals surface area contributed by atoms with Crippen molar-refractivity contribution in [3.63, 3.8) is 0 Å². The Morgan fingerprint density at radius 3 is 1.17 bits per heavy atom. The molecule has 42 valence electrons. The Kier molecular flexibility index (Phi) is 44.5. The summed E-state index contributed by atoms with van der Waals surface area (Å²) in [6.07, 6.45) is 0. The minimum Gasteiger partial charge on any atom is -1.00 e. The molecule has 0 unspecified atom stereocenters. The molecule has 6 heavy (non-hydrogen) atoms. The Morgan fingerprint density at radius 1 is 1.00 bits per heavy atom. The van der Waals surface area contributed by atoms with Gasteiger partial charge in [0.05, 0.1) is 0 Å². The molecule has 0 aromatic rings. The monoisotopic (exact) mass is 201 g/mol. The van der Waals surface area contributed by atoms with Crippen LogP contribution in [0.5, 0.6) is 0 Å². The largest absolute Gasteiger partial charge is 2.00 e. The molecule has 0 amide bonds. The number of nitrogens with two attached hydrogens (primary N) is 2. The van der Waals surface area contributed by atoms with Gasteiger partial charge in [-0.2, -0.15) is 0 Å². The molecule has 0 fully saturated rings. The van der Waals surface area contributed by atoms with Crippen molar-refractivity contribution in [3.8, 4) is 0 Å². The van der Waals surface area contributed by atoms with E-state index in [1.165, 1.54) is 0 Å². The molecule has 0 saturated carbocycles. The molecule has 0 saturated heterocycles. The van der Waals surface area contributed by atoms with Crippen molar-refractivity contribution in [1.82, 2.24) is 0 Å². The molecule has 0 rings (SSSR count). The van der Waals surface area contributed by atoms with Crippen LogP contribution in [0.2, 0.25) is 0 Å². The van der Waals surface area contributed by atoms with Crippen LogP contribution in [0, 0.1) is 0 Å². The Bertz CT molecular complexity index is 13.5. The standard InChI is InChI=1S/C2H8N2.ClH.Pd/c3-1-2-4;;/h1-4H2;1H;/q;;+2/p-1. The SMILES string of the molecule is NCCN.[Cl-].[Pd+2]. The first-order valence-corrected chi connectivity index (χ1v) is 1.32. The van der Waals surface area contributed by atoms with Crippen molar-refractivity contribution in [2.45, 2.75) is 0 Å². The van der Waals surface area contributed by atoms with Gasteiger partial charge in [-0.05, 0) is 0 Å². The van der Waals surface area contributed by atoms with Gasteiger partial charge in [0.1, 0.15) is 0 Å². The van der Waals surface area contributed by atoms with E-state index in [1.807, 2.05) is 0 Å². The fraction of sp³-hybridized carbons (Fsp3) is 1.00. The average Bonchev–Trinajstić information content (AvgIpc) is 1.37. The molecule has 0 aliphatic heterocycles. The molecule has 0 atom stereocenters. The zero-order valence-electron chi connectivity index (χ0n) is 3.26. The number of rotatable bonds is 1. The van der Waals surface area contributed by atoms with E-state index in [2.05, 4.69) is 0 Å². The molecular formula is C2H8ClN2Pd+. The molecule has 0 heterocycles. The average molecular weight is 202 g/mol. The fourth-order valence-corrected chi connectivity index (χ4v) is 0. The van der Waals surface area contributed by atoms with Gasteiger partial charge in [-0.1, -0.05) is 0 Å². The van der Waals surface area contributed by atoms with Gasteiger partial charge in [-0.25, -0.2) is 0 Å². The topological polar surface area (TPSA) is 52.0 Å². The van der Waals surface area contributed by atoms with E-state index in [0.717, 1.165) is 0 Å². The van der Waals surface area contributed by atoms with Gasteiger partial charge in [0.15, 0.2) is 0 Å². The smallest absolute Gasteiger partial charge is 1.00 e. The summed E-state index contributed by atoms with van der Waals surface area (Å²) in [5, 5.41) is 0. The first kappa shape index (κ1) is 15.8. The van der Waals surface area contributed by atoms with Crippen molar-refractivity contribution >= 4 is 0 Å². The van der Waals surface area contributed by atoms with Crippen LogP contribution in [-0.2, 0) is 20.4 Å². The molecule has 0 aromatic heterocycles. The minimum absolute atomic E-state index is 0. The molecule has 0 spiro atoms. The molecule has 4 N–H and O–H groups in total. The number of halogens is 1. The Hall–Kier alpha value is 0.872. The second kappa shape index (κ2) is 16.9. The summed E-state index contributed by atoms with van der Waals surface area (Å²) >= 11 is 0. The molecule has 4 heteroatoms. The third-order valence-electron chi connectivity index (χ3n) is 0.167. The van der Waals surface area contributed by atoms with E-state index in [9.17, 15) is 0 Å². The van der Waals surface area contributed by atoms with Gasteiger partial charge in [0.25, 0.3) is 0 Å². The summed E-state index contributed by atoms with van der Waals surface area (Å²) in [6.45, 7) is 1.19. The second-order valence-corrected chi connectivity index (χ2v) is 0.577. The van der Waals surface area contributed by atoms with Crippen LogP contribution in [0.15, 0.2) is 0 Å². The predicted octanol–water partition coefficient (Wildman–Crippen LogP) is -4.09. The molecule has 0 aliphatic rings. The third kappa shape index (κ3) is 20.8. The maximum Gasteiger partial charge on any atom is 2.00 e. The van der Waals surface area contributed by atoms with Gasteiger partial charge >= 0.3 is 20.4 Å². The Morgan fingerprint density at radius 2 is 1.17 bits per heavy atom. The first-order chi connectivity index (χ1) is 1.91. The predicted molar refractivity (Wildman–Crippen MR) is 18.1 cm³/mol. The van der Waals surface area contributed by atoms with Crippen LogP contribution < -0.4 is 23.9 Å². The Labute approximate surface area is 57.7 Å². The van der Waals surface area contributed by atoms with Crippen molar-refractivity contribution in [2.24, 2.45) is 11.5 Å². The molecule has 0 aliphatic carbocycles. The van der Waals surface area contributed by atoms with Crippen molar-refractivity contribution in [1.29, 1.82) is 0 Å². The maximum absolute atomic E-state index is 4.90. The summed E-state index contributed by atoms with van der Waals surface area (Å²) in [5.74, 6) is 0. The van der Waals surface area contributed by atoms with E-state index in [0.29, 0.717) is 13.1 Å². The van der Waals surface area contributed by atoms with Crippen LogP contribution >= 0.6 is 0 Å². The normalized spacial score (nSPS) is 5.00. The molecule has 0 bridgehead atoms. The Balaban J connectivity index is -0.0000000450. The summed E-state index contributed by atoms with van der Waals surface area (Å²) in [6, 6.07) is 0. The van der Waals surface area contributed by atoms with E-state index >= 15 is 0 Å². The van der Waals surface area contributed by atoms with Crippen molar-refractivity contribution < 1.29 is 32.8 Å². The van der Waals surface area contributed by atoms with Crippen LogP contribution in [0.4, 0.5) is 0 Å². The third-order valence-corrected chi connectivity index (χ3v) is 0.167. The van der Waals surface area contributed by atoms with E-state index in [1.54, 1.807) is 0 Å². The van der Waals surface area contributed by atoms with Gasteiger partial charge in [0.2, 0.25) is 0 Å². The fourth-order valence-electron chi connectivity index (χ4n) is 0. The first-order valence-electron chi connectivity index (χ1n) is 1.32. The van der Waals surface area contributed by atoms with Crippen LogP contribution in [0.1, 0.15) is 0 Å². The summed E-state index contributed by atoms with van der Waals surface area (Å²) in [4.78, 5) is 0. The zero-order chi connectivity index (χ0) is 3.41.